The van der Waals surface area contributed by atoms with Crippen molar-refractivity contribution in [1.82, 2.24) is 5.32 Å². The highest BCUT2D eigenvalue weighted by Crippen LogP contribution is 2.27. The van der Waals surface area contributed by atoms with Crippen molar-refractivity contribution in [3.8, 4) is 0 Å². The van der Waals surface area contributed by atoms with E-state index in [1.165, 1.54) is 6.07 Å². The van der Waals surface area contributed by atoms with Gasteiger partial charge in [-0.2, -0.15) is 0 Å². The number of ether oxygens (including phenoxy) is 1. The molecule has 17 heavy (non-hydrogen) atoms. The number of hydrogen-bond donors (Lipinski definition) is 1. The SMILES string of the molecule is CC1(C)CNCC(C)(Cc2cccc(F)c2)O1. The van der Waals surface area contributed by atoms with E-state index in [2.05, 4.69) is 26.1 Å². The molecule has 1 atom stereocenters. The molecule has 1 aromatic rings. The Balaban J connectivity index is 2.12. The van der Waals surface area contributed by atoms with E-state index in [0.717, 1.165) is 25.1 Å². The quantitative estimate of drug-likeness (QED) is 0.853. The second kappa shape index (κ2) is 4.39. The van der Waals surface area contributed by atoms with Crippen LogP contribution in [-0.2, 0) is 11.2 Å². The Morgan fingerprint density at radius 2 is 2.06 bits per heavy atom. The van der Waals surface area contributed by atoms with Gasteiger partial charge in [0, 0.05) is 19.5 Å². The van der Waals surface area contributed by atoms with Crippen molar-refractivity contribution in [3.05, 3.63) is 35.6 Å². The van der Waals surface area contributed by atoms with Gasteiger partial charge in [0.25, 0.3) is 0 Å². The maximum Gasteiger partial charge on any atom is 0.123 e. The van der Waals surface area contributed by atoms with E-state index >= 15 is 0 Å². The van der Waals surface area contributed by atoms with Gasteiger partial charge in [-0.25, -0.2) is 4.39 Å². The molecular formula is C14H20FNO. The van der Waals surface area contributed by atoms with Crippen molar-refractivity contribution in [1.29, 1.82) is 0 Å². The summed E-state index contributed by atoms with van der Waals surface area (Å²) in [5.74, 6) is -0.186. The molecule has 1 aromatic carbocycles. The fourth-order valence-electron chi connectivity index (χ4n) is 2.54. The van der Waals surface area contributed by atoms with Crippen molar-refractivity contribution in [3.63, 3.8) is 0 Å². The number of morpholine rings is 1. The van der Waals surface area contributed by atoms with E-state index in [1.54, 1.807) is 12.1 Å². The second-order valence-corrected chi connectivity index (χ2v) is 5.72. The van der Waals surface area contributed by atoms with Gasteiger partial charge in [-0.15, -0.1) is 0 Å². The first-order chi connectivity index (χ1) is 7.89. The molecule has 1 unspecified atom stereocenters. The van der Waals surface area contributed by atoms with Gasteiger partial charge in [0.1, 0.15) is 5.82 Å². The van der Waals surface area contributed by atoms with Crippen LogP contribution in [0.1, 0.15) is 26.3 Å². The highest BCUT2D eigenvalue weighted by molar-refractivity contribution is 5.19. The molecule has 3 heteroatoms. The van der Waals surface area contributed by atoms with Crippen LogP contribution >= 0.6 is 0 Å². The Morgan fingerprint density at radius 1 is 1.29 bits per heavy atom. The van der Waals surface area contributed by atoms with Gasteiger partial charge < -0.3 is 10.1 Å². The zero-order valence-corrected chi connectivity index (χ0v) is 10.7. The maximum atomic E-state index is 13.1. The van der Waals surface area contributed by atoms with Gasteiger partial charge in [0.2, 0.25) is 0 Å². The lowest BCUT2D eigenvalue weighted by Gasteiger charge is -2.44. The summed E-state index contributed by atoms with van der Waals surface area (Å²) in [6, 6.07) is 6.74. The summed E-state index contributed by atoms with van der Waals surface area (Å²) in [6.45, 7) is 7.87. The molecule has 0 spiro atoms. The van der Waals surface area contributed by atoms with E-state index in [0.29, 0.717) is 0 Å². The smallest absolute Gasteiger partial charge is 0.123 e. The number of hydrogen-bond acceptors (Lipinski definition) is 2. The Labute approximate surface area is 102 Å². The first kappa shape index (κ1) is 12.5. The van der Waals surface area contributed by atoms with Gasteiger partial charge in [0.05, 0.1) is 11.2 Å². The van der Waals surface area contributed by atoms with Crippen LogP contribution in [0.2, 0.25) is 0 Å². The molecule has 0 aromatic heterocycles. The molecule has 2 rings (SSSR count). The molecule has 2 nitrogen and oxygen atoms in total. The third-order valence-corrected chi connectivity index (χ3v) is 3.04. The molecule has 1 aliphatic heterocycles. The first-order valence-corrected chi connectivity index (χ1v) is 6.04. The summed E-state index contributed by atoms with van der Waals surface area (Å²) < 4.78 is 19.3. The summed E-state index contributed by atoms with van der Waals surface area (Å²) in [5.41, 5.74) is 0.544. The molecule has 0 bridgehead atoms. The predicted molar refractivity (Wildman–Crippen MR) is 66.5 cm³/mol. The predicted octanol–water partition coefficient (Wildman–Crippen LogP) is 2.53. The standard InChI is InChI=1S/C14H20FNO/c1-13(2)9-16-10-14(3,17-13)8-11-5-4-6-12(15)7-11/h4-7,16H,8-10H2,1-3H3. The topological polar surface area (TPSA) is 21.3 Å². The van der Waals surface area contributed by atoms with Crippen molar-refractivity contribution in [2.45, 2.75) is 38.4 Å². The molecule has 1 N–H and O–H groups in total. The Kier molecular flexibility index (Phi) is 3.23. The van der Waals surface area contributed by atoms with Crippen LogP contribution in [0.25, 0.3) is 0 Å². The van der Waals surface area contributed by atoms with E-state index in [1.807, 2.05) is 6.07 Å². The summed E-state index contributed by atoms with van der Waals surface area (Å²) in [6.07, 6.45) is 0.723. The number of benzene rings is 1. The van der Waals surface area contributed by atoms with Crippen LogP contribution in [-0.4, -0.2) is 24.3 Å². The minimum atomic E-state index is -0.268. The molecule has 0 saturated carbocycles. The van der Waals surface area contributed by atoms with E-state index in [4.69, 9.17) is 4.74 Å². The van der Waals surface area contributed by atoms with Crippen LogP contribution in [0, 0.1) is 5.82 Å². The number of halogens is 1. The molecule has 1 fully saturated rings. The van der Waals surface area contributed by atoms with Gasteiger partial charge in [-0.1, -0.05) is 12.1 Å². The number of rotatable bonds is 2. The molecule has 0 aliphatic carbocycles. The zero-order valence-electron chi connectivity index (χ0n) is 10.7. The normalized spacial score (nSPS) is 28.0. The van der Waals surface area contributed by atoms with Crippen molar-refractivity contribution < 1.29 is 9.13 Å². The summed E-state index contributed by atoms with van der Waals surface area (Å²) in [7, 11) is 0. The van der Waals surface area contributed by atoms with Crippen molar-refractivity contribution in [2.24, 2.45) is 0 Å². The monoisotopic (exact) mass is 237 g/mol. The lowest BCUT2D eigenvalue weighted by molar-refractivity contribution is -0.151. The van der Waals surface area contributed by atoms with E-state index < -0.39 is 0 Å². The van der Waals surface area contributed by atoms with Gasteiger partial charge in [-0.05, 0) is 38.5 Å². The maximum absolute atomic E-state index is 13.1. The average molecular weight is 237 g/mol. The minimum absolute atomic E-state index is 0.166. The molecule has 1 aliphatic rings. The molecule has 0 radical (unpaired) electrons. The van der Waals surface area contributed by atoms with Crippen LogP contribution in [0.5, 0.6) is 0 Å². The van der Waals surface area contributed by atoms with Gasteiger partial charge in [0.15, 0.2) is 0 Å². The molecule has 1 heterocycles. The van der Waals surface area contributed by atoms with Crippen molar-refractivity contribution >= 4 is 0 Å². The number of nitrogens with one attached hydrogen (secondary N) is 1. The van der Waals surface area contributed by atoms with Crippen LogP contribution in [0.3, 0.4) is 0 Å². The van der Waals surface area contributed by atoms with E-state index in [9.17, 15) is 4.39 Å². The fraction of sp³-hybridized carbons (Fsp3) is 0.571. The third kappa shape index (κ3) is 3.27. The Hall–Kier alpha value is -0.930. The second-order valence-electron chi connectivity index (χ2n) is 5.72. The minimum Gasteiger partial charge on any atom is -0.366 e. The highest BCUT2D eigenvalue weighted by Gasteiger charge is 2.37. The molecule has 94 valence electrons. The third-order valence-electron chi connectivity index (χ3n) is 3.04. The largest absolute Gasteiger partial charge is 0.366 e. The Morgan fingerprint density at radius 3 is 2.71 bits per heavy atom. The average Bonchev–Trinajstić information content (AvgIpc) is 2.14. The van der Waals surface area contributed by atoms with Gasteiger partial charge in [-0.3, -0.25) is 0 Å². The Bertz CT molecular complexity index is 405. The summed E-state index contributed by atoms with van der Waals surface area (Å²) in [4.78, 5) is 0. The lowest BCUT2D eigenvalue weighted by atomic mass is 9.92. The lowest BCUT2D eigenvalue weighted by Crippen LogP contribution is -2.57. The van der Waals surface area contributed by atoms with E-state index in [-0.39, 0.29) is 17.0 Å². The van der Waals surface area contributed by atoms with Crippen LogP contribution in [0.4, 0.5) is 4.39 Å². The first-order valence-electron chi connectivity index (χ1n) is 6.04. The van der Waals surface area contributed by atoms with Crippen LogP contribution in [0.15, 0.2) is 24.3 Å². The highest BCUT2D eigenvalue weighted by atomic mass is 19.1. The summed E-state index contributed by atoms with van der Waals surface area (Å²) >= 11 is 0. The fourth-order valence-corrected chi connectivity index (χ4v) is 2.54. The molecule has 0 amide bonds. The molecule has 1 saturated heterocycles. The zero-order chi connectivity index (χ0) is 12.5. The van der Waals surface area contributed by atoms with Gasteiger partial charge >= 0.3 is 0 Å². The molecular weight excluding hydrogens is 217 g/mol. The van der Waals surface area contributed by atoms with Crippen molar-refractivity contribution in [2.75, 3.05) is 13.1 Å². The van der Waals surface area contributed by atoms with Crippen LogP contribution < -0.4 is 5.32 Å². The summed E-state index contributed by atoms with van der Waals surface area (Å²) in [5, 5.41) is 3.38.